The van der Waals surface area contributed by atoms with Crippen molar-refractivity contribution in [2.24, 2.45) is 23.7 Å². The minimum atomic E-state index is -0.848. The van der Waals surface area contributed by atoms with E-state index in [4.69, 9.17) is 0 Å². The van der Waals surface area contributed by atoms with Crippen molar-refractivity contribution in [3.05, 3.63) is 5.51 Å². The third-order valence-electron chi connectivity index (χ3n) is 4.09. The molecule has 1 amide bonds. The Bertz CT molecular complexity index is 476. The maximum Gasteiger partial charge on any atom is 0.307 e. The first kappa shape index (κ1) is 11.6. The van der Waals surface area contributed by atoms with Crippen LogP contribution in [-0.4, -0.2) is 27.2 Å². The first-order valence-corrected chi connectivity index (χ1v) is 6.84. The van der Waals surface area contributed by atoms with E-state index in [0.29, 0.717) is 5.13 Å². The first-order chi connectivity index (χ1) is 8.66. The van der Waals surface area contributed by atoms with Crippen molar-refractivity contribution in [2.75, 3.05) is 5.32 Å². The second kappa shape index (κ2) is 4.31. The number of carbonyl (C=O) groups excluding carboxylic acids is 1. The molecule has 2 fully saturated rings. The van der Waals surface area contributed by atoms with Crippen LogP contribution in [0.1, 0.15) is 19.3 Å². The number of carboxylic acid groups (broad SMARTS) is 1. The number of aromatic nitrogens is 2. The van der Waals surface area contributed by atoms with Gasteiger partial charge in [0.25, 0.3) is 0 Å². The normalized spacial score (nSPS) is 33.6. The summed E-state index contributed by atoms with van der Waals surface area (Å²) in [6.45, 7) is 0. The second-order valence-corrected chi connectivity index (χ2v) is 5.79. The number of anilines is 1. The molecule has 3 rings (SSSR count). The lowest BCUT2D eigenvalue weighted by Crippen LogP contribution is -2.37. The van der Waals surface area contributed by atoms with Gasteiger partial charge in [0, 0.05) is 0 Å². The predicted molar refractivity (Wildman–Crippen MR) is 64.0 cm³/mol. The Kier molecular flexibility index (Phi) is 2.77. The molecule has 1 aromatic rings. The topological polar surface area (TPSA) is 92.2 Å². The summed E-state index contributed by atoms with van der Waals surface area (Å²) < 4.78 is 0. The van der Waals surface area contributed by atoms with Crippen LogP contribution in [0.25, 0.3) is 0 Å². The molecule has 18 heavy (non-hydrogen) atoms. The lowest BCUT2D eigenvalue weighted by atomic mass is 9.79. The van der Waals surface area contributed by atoms with Crippen molar-refractivity contribution in [2.45, 2.75) is 19.3 Å². The quantitative estimate of drug-likeness (QED) is 0.859. The van der Waals surface area contributed by atoms with Crippen LogP contribution in [0.4, 0.5) is 5.13 Å². The van der Waals surface area contributed by atoms with Crippen molar-refractivity contribution in [1.29, 1.82) is 0 Å². The van der Waals surface area contributed by atoms with E-state index in [1.165, 1.54) is 16.8 Å². The Morgan fingerprint density at radius 1 is 1.33 bits per heavy atom. The predicted octanol–water partition coefficient (Wildman–Crippen LogP) is 1.22. The number of hydrogen-bond acceptors (Lipinski definition) is 5. The fourth-order valence-corrected chi connectivity index (χ4v) is 3.89. The summed E-state index contributed by atoms with van der Waals surface area (Å²) in [6.07, 6.45) is 2.76. The highest BCUT2D eigenvalue weighted by molar-refractivity contribution is 7.13. The molecule has 1 heterocycles. The zero-order valence-corrected chi connectivity index (χ0v) is 10.4. The number of rotatable bonds is 3. The minimum Gasteiger partial charge on any atom is -0.481 e. The highest BCUT2D eigenvalue weighted by atomic mass is 32.1. The van der Waals surface area contributed by atoms with Gasteiger partial charge in [-0.05, 0) is 31.1 Å². The van der Waals surface area contributed by atoms with Gasteiger partial charge in [0.15, 0.2) is 0 Å². The number of nitrogens with zero attached hydrogens (tertiary/aromatic N) is 2. The van der Waals surface area contributed by atoms with Gasteiger partial charge < -0.3 is 10.4 Å². The van der Waals surface area contributed by atoms with Crippen LogP contribution in [-0.2, 0) is 9.59 Å². The molecule has 96 valence electrons. The Labute approximate surface area is 107 Å². The van der Waals surface area contributed by atoms with Crippen molar-refractivity contribution >= 4 is 28.3 Å². The third-order valence-corrected chi connectivity index (χ3v) is 4.70. The molecule has 0 aliphatic heterocycles. The van der Waals surface area contributed by atoms with Crippen LogP contribution in [0.15, 0.2) is 5.51 Å². The molecule has 2 aliphatic carbocycles. The van der Waals surface area contributed by atoms with E-state index < -0.39 is 17.8 Å². The van der Waals surface area contributed by atoms with E-state index in [1.54, 1.807) is 0 Å². The number of amides is 1. The number of hydrogen-bond donors (Lipinski definition) is 2. The summed E-state index contributed by atoms with van der Waals surface area (Å²) in [5, 5.41) is 19.8. The van der Waals surface area contributed by atoms with Crippen LogP contribution < -0.4 is 5.32 Å². The maximum absolute atomic E-state index is 12.2. The van der Waals surface area contributed by atoms with Gasteiger partial charge in [-0.25, -0.2) is 0 Å². The van der Waals surface area contributed by atoms with Crippen molar-refractivity contribution in [3.8, 4) is 0 Å². The zero-order chi connectivity index (χ0) is 12.7. The molecular weight excluding hydrogens is 254 g/mol. The average molecular weight is 267 g/mol. The Morgan fingerprint density at radius 2 is 2.06 bits per heavy atom. The van der Waals surface area contributed by atoms with Crippen LogP contribution in [0.2, 0.25) is 0 Å². The smallest absolute Gasteiger partial charge is 0.307 e. The van der Waals surface area contributed by atoms with Gasteiger partial charge >= 0.3 is 5.97 Å². The summed E-state index contributed by atoms with van der Waals surface area (Å²) in [6, 6.07) is 0. The fraction of sp³-hybridized carbons (Fsp3) is 0.636. The standard InChI is InChI=1S/C11H13N3O3S/c15-9(13-11-14-12-4-18-11)7-5-1-2-6(3-5)8(7)10(16)17/h4-8H,1-3H2,(H,16,17)(H,13,14,15)/t5-,6+,7-,8+/m0/s1. The summed E-state index contributed by atoms with van der Waals surface area (Å²) >= 11 is 1.24. The summed E-state index contributed by atoms with van der Waals surface area (Å²) in [5.41, 5.74) is 1.53. The van der Waals surface area contributed by atoms with E-state index in [-0.39, 0.29) is 17.7 Å². The molecule has 2 bridgehead atoms. The van der Waals surface area contributed by atoms with E-state index in [0.717, 1.165) is 19.3 Å². The van der Waals surface area contributed by atoms with Crippen LogP contribution in [0.3, 0.4) is 0 Å². The van der Waals surface area contributed by atoms with Gasteiger partial charge in [-0.2, -0.15) is 0 Å². The number of carbonyl (C=O) groups is 2. The molecule has 2 saturated carbocycles. The van der Waals surface area contributed by atoms with E-state index in [1.807, 2.05) is 0 Å². The first-order valence-electron chi connectivity index (χ1n) is 5.96. The van der Waals surface area contributed by atoms with E-state index in [9.17, 15) is 14.7 Å². The van der Waals surface area contributed by atoms with Gasteiger partial charge in [0.2, 0.25) is 11.0 Å². The highest BCUT2D eigenvalue weighted by Crippen LogP contribution is 2.52. The maximum atomic E-state index is 12.2. The number of fused-ring (bicyclic) bond motifs is 2. The summed E-state index contributed by atoms with van der Waals surface area (Å²) in [5.74, 6) is -1.63. The van der Waals surface area contributed by atoms with Crippen LogP contribution >= 0.6 is 11.3 Å². The Hall–Kier alpha value is -1.50. The van der Waals surface area contributed by atoms with Gasteiger partial charge in [0.1, 0.15) is 5.51 Å². The van der Waals surface area contributed by atoms with E-state index >= 15 is 0 Å². The van der Waals surface area contributed by atoms with Crippen molar-refractivity contribution < 1.29 is 14.7 Å². The summed E-state index contributed by atoms with van der Waals surface area (Å²) in [4.78, 5) is 23.5. The van der Waals surface area contributed by atoms with Gasteiger partial charge in [0.05, 0.1) is 11.8 Å². The van der Waals surface area contributed by atoms with E-state index in [2.05, 4.69) is 15.5 Å². The molecule has 0 aromatic carbocycles. The molecule has 0 unspecified atom stereocenters. The molecule has 0 saturated heterocycles. The molecule has 7 heteroatoms. The monoisotopic (exact) mass is 267 g/mol. The third kappa shape index (κ3) is 1.78. The van der Waals surface area contributed by atoms with Gasteiger partial charge in [-0.3, -0.25) is 9.59 Å². The zero-order valence-electron chi connectivity index (χ0n) is 9.57. The Morgan fingerprint density at radius 3 is 2.67 bits per heavy atom. The highest BCUT2D eigenvalue weighted by Gasteiger charge is 2.54. The second-order valence-electron chi connectivity index (χ2n) is 4.96. The lowest BCUT2D eigenvalue weighted by Gasteiger charge is -2.26. The van der Waals surface area contributed by atoms with Gasteiger partial charge in [-0.15, -0.1) is 10.2 Å². The molecule has 0 radical (unpaired) electrons. The number of aliphatic carboxylic acids is 1. The minimum absolute atomic E-state index is 0.165. The fourth-order valence-electron chi connectivity index (χ4n) is 3.44. The molecule has 2 N–H and O–H groups in total. The molecule has 4 atom stereocenters. The SMILES string of the molecule is O=C(O)[C@@H]1[C@@H]2CC[C@@H](C2)[C@@H]1C(=O)Nc1nncs1. The number of nitrogens with one attached hydrogen (secondary N) is 1. The summed E-state index contributed by atoms with van der Waals surface area (Å²) in [7, 11) is 0. The molecule has 0 spiro atoms. The largest absolute Gasteiger partial charge is 0.481 e. The molecule has 6 nitrogen and oxygen atoms in total. The average Bonchev–Trinajstić information content (AvgIpc) is 3.03. The molecular formula is C11H13N3O3S. The van der Waals surface area contributed by atoms with Crippen LogP contribution in [0.5, 0.6) is 0 Å². The van der Waals surface area contributed by atoms with Crippen molar-refractivity contribution in [3.63, 3.8) is 0 Å². The Balaban J connectivity index is 1.78. The molecule has 2 aliphatic rings. The molecule has 1 aromatic heterocycles. The lowest BCUT2D eigenvalue weighted by molar-refractivity contribution is -0.148. The van der Waals surface area contributed by atoms with Gasteiger partial charge in [-0.1, -0.05) is 11.3 Å². The number of carboxylic acids is 1. The van der Waals surface area contributed by atoms with Crippen molar-refractivity contribution in [1.82, 2.24) is 10.2 Å². The van der Waals surface area contributed by atoms with Crippen LogP contribution in [0, 0.1) is 23.7 Å².